The molecule has 12 heteroatoms. The first-order chi connectivity index (χ1) is 21.5. The molecule has 9 nitrogen and oxygen atoms in total. The minimum absolute atomic E-state index is 0.0415. The van der Waals surface area contributed by atoms with Crippen molar-refractivity contribution in [2.45, 2.75) is 61.8 Å². The highest BCUT2D eigenvalue weighted by Gasteiger charge is 2.50. The highest BCUT2D eigenvalue weighted by atomic mass is 32.2. The summed E-state index contributed by atoms with van der Waals surface area (Å²) < 4.78 is 32.4. The maximum Gasteiger partial charge on any atom is 0.258 e. The Balaban J connectivity index is 1.33. The van der Waals surface area contributed by atoms with Crippen LogP contribution in [0, 0.1) is 11.6 Å². The Morgan fingerprint density at radius 1 is 1.02 bits per heavy atom. The first kappa shape index (κ1) is 32.4. The van der Waals surface area contributed by atoms with E-state index >= 15 is 0 Å². The van der Waals surface area contributed by atoms with Crippen LogP contribution in [0.25, 0.3) is 0 Å². The number of carbonyl (C=O) groups is 3. The number of aliphatic hydroxyl groups is 2. The van der Waals surface area contributed by atoms with Crippen molar-refractivity contribution in [2.24, 2.45) is 0 Å². The molecule has 1 saturated heterocycles. The maximum absolute atomic E-state index is 14.0. The molecule has 4 N–H and O–H groups in total. The van der Waals surface area contributed by atoms with Crippen LogP contribution in [-0.4, -0.2) is 74.4 Å². The molecule has 0 spiro atoms. The Kier molecular flexibility index (Phi) is 9.76. The topological polar surface area (TPSA) is 128 Å². The van der Waals surface area contributed by atoms with E-state index in [1.54, 1.807) is 30.3 Å². The highest BCUT2D eigenvalue weighted by Crippen LogP contribution is 2.41. The van der Waals surface area contributed by atoms with Crippen LogP contribution >= 0.6 is 11.8 Å². The molecule has 45 heavy (non-hydrogen) atoms. The number of rotatable bonds is 10. The summed E-state index contributed by atoms with van der Waals surface area (Å²) in [5.41, 5.74) is 2.44. The second-order valence-corrected chi connectivity index (χ2v) is 13.3. The molecule has 3 aromatic rings. The lowest BCUT2D eigenvalue weighted by molar-refractivity contribution is -0.148. The number of amides is 3. The molecule has 5 atom stereocenters. The van der Waals surface area contributed by atoms with E-state index in [0.29, 0.717) is 12.0 Å². The molecule has 1 aliphatic carbocycles. The second kappa shape index (κ2) is 13.6. The van der Waals surface area contributed by atoms with Gasteiger partial charge in [0, 0.05) is 11.2 Å². The molecular weight excluding hydrogens is 604 g/mol. The smallest absolute Gasteiger partial charge is 0.258 e. The van der Waals surface area contributed by atoms with Gasteiger partial charge in [0.25, 0.3) is 11.8 Å². The Morgan fingerprint density at radius 3 is 2.40 bits per heavy atom. The summed E-state index contributed by atoms with van der Waals surface area (Å²) in [6, 6.07) is 16.6. The van der Waals surface area contributed by atoms with E-state index in [-0.39, 0.29) is 12.3 Å². The third-order valence-corrected chi connectivity index (χ3v) is 9.50. The summed E-state index contributed by atoms with van der Waals surface area (Å²) in [6.45, 7) is 2.87. The van der Waals surface area contributed by atoms with E-state index in [2.05, 4.69) is 10.6 Å². The summed E-state index contributed by atoms with van der Waals surface area (Å²) in [5, 5.41) is 27.6. The van der Waals surface area contributed by atoms with Gasteiger partial charge in [0.2, 0.25) is 5.91 Å². The van der Waals surface area contributed by atoms with Crippen LogP contribution < -0.4 is 15.4 Å². The number of aliphatic hydroxyl groups excluding tert-OH is 2. The summed E-state index contributed by atoms with van der Waals surface area (Å²) in [7, 11) is 0. The van der Waals surface area contributed by atoms with Crippen molar-refractivity contribution in [1.29, 1.82) is 0 Å². The lowest BCUT2D eigenvalue weighted by Crippen LogP contribution is -2.59. The zero-order valence-corrected chi connectivity index (χ0v) is 25.6. The first-order valence-corrected chi connectivity index (χ1v) is 15.5. The van der Waals surface area contributed by atoms with Crippen molar-refractivity contribution in [3.05, 3.63) is 101 Å². The Hall–Kier alpha value is -4.00. The number of hydrogen-bond donors (Lipinski definition) is 4. The van der Waals surface area contributed by atoms with Crippen LogP contribution in [0.4, 0.5) is 8.78 Å². The molecular formula is C33H35F2N3O6S. The monoisotopic (exact) mass is 639 g/mol. The van der Waals surface area contributed by atoms with Gasteiger partial charge in [-0.15, -0.1) is 11.8 Å². The normalized spacial score (nSPS) is 21.5. The predicted octanol–water partition coefficient (Wildman–Crippen LogP) is 2.89. The van der Waals surface area contributed by atoms with Crippen molar-refractivity contribution in [3.63, 3.8) is 0 Å². The third-order valence-electron chi connectivity index (χ3n) is 8.12. The zero-order chi connectivity index (χ0) is 32.3. The number of para-hydroxylation sites is 1. The number of hydrogen-bond acceptors (Lipinski definition) is 7. The van der Waals surface area contributed by atoms with Gasteiger partial charge in [-0.25, -0.2) is 8.78 Å². The van der Waals surface area contributed by atoms with Gasteiger partial charge in [0.15, 0.2) is 30.1 Å². The maximum atomic E-state index is 14.0. The fraction of sp³-hybridized carbons (Fsp3) is 0.364. The minimum atomic E-state index is -1.78. The molecule has 3 amide bonds. The second-order valence-electron chi connectivity index (χ2n) is 11.7. The number of nitrogens with one attached hydrogen (secondary N) is 2. The summed E-state index contributed by atoms with van der Waals surface area (Å²) in [4.78, 5) is 41.8. The van der Waals surface area contributed by atoms with Crippen molar-refractivity contribution >= 4 is 29.5 Å². The number of fused-ring (bicyclic) bond motifs is 1. The van der Waals surface area contributed by atoms with Gasteiger partial charge in [-0.1, -0.05) is 60.7 Å². The summed E-state index contributed by atoms with van der Waals surface area (Å²) in [5.74, 6) is -4.64. The predicted molar refractivity (Wildman–Crippen MR) is 164 cm³/mol. The van der Waals surface area contributed by atoms with Gasteiger partial charge in [-0.3, -0.25) is 14.4 Å². The number of ether oxygens (including phenoxy) is 1. The van der Waals surface area contributed by atoms with E-state index in [4.69, 9.17) is 4.74 Å². The lowest BCUT2D eigenvalue weighted by Gasteiger charge is -2.34. The first-order valence-electron chi connectivity index (χ1n) is 14.5. The molecule has 3 aromatic carbocycles. The van der Waals surface area contributed by atoms with Crippen LogP contribution in [0.15, 0.2) is 72.8 Å². The zero-order valence-electron chi connectivity index (χ0n) is 24.8. The van der Waals surface area contributed by atoms with Crippen molar-refractivity contribution < 1.29 is 38.1 Å². The molecule has 0 bridgehead atoms. The van der Waals surface area contributed by atoms with E-state index < -0.39 is 76.8 Å². The van der Waals surface area contributed by atoms with Gasteiger partial charge < -0.3 is 30.5 Å². The third kappa shape index (κ3) is 7.13. The number of thioether (sulfide) groups is 1. The molecule has 1 fully saturated rings. The number of carbonyl (C=O) groups excluding carboxylic acids is 3. The Morgan fingerprint density at radius 2 is 1.69 bits per heavy atom. The molecule has 2 aliphatic rings. The van der Waals surface area contributed by atoms with Crippen molar-refractivity contribution in [1.82, 2.24) is 15.5 Å². The van der Waals surface area contributed by atoms with Crippen molar-refractivity contribution in [3.8, 4) is 5.75 Å². The quantitative estimate of drug-likeness (QED) is 0.269. The number of benzene rings is 3. The Bertz CT molecular complexity index is 1540. The fourth-order valence-corrected chi connectivity index (χ4v) is 6.99. The number of halogens is 2. The highest BCUT2D eigenvalue weighted by molar-refractivity contribution is 8.00. The van der Waals surface area contributed by atoms with E-state index in [0.717, 1.165) is 29.3 Å². The summed E-state index contributed by atoms with van der Waals surface area (Å²) >= 11 is 1.36. The van der Waals surface area contributed by atoms with Crippen LogP contribution in [0.1, 0.15) is 36.6 Å². The molecule has 0 saturated carbocycles. The molecule has 1 heterocycles. The molecule has 238 valence electrons. The van der Waals surface area contributed by atoms with Crippen molar-refractivity contribution in [2.75, 3.05) is 12.5 Å². The molecule has 1 aliphatic heterocycles. The van der Waals surface area contributed by atoms with E-state index in [1.807, 2.05) is 38.1 Å². The SMILES string of the molecule is CC1(C)SCN(C(=O)[C@@H](O)[C@H](Cc2ccccc2)NC(=O)COc2c(F)cccc2F)[C@@H]1C(=O)N[C@H]1c2ccccc2C[C@H]1O. The molecule has 0 radical (unpaired) electrons. The van der Waals surface area contributed by atoms with Gasteiger partial charge in [-0.05, 0) is 49.1 Å². The van der Waals surface area contributed by atoms with Crippen LogP contribution in [-0.2, 0) is 27.2 Å². The largest absolute Gasteiger partial charge is 0.478 e. The average molecular weight is 640 g/mol. The molecule has 0 unspecified atom stereocenters. The van der Waals surface area contributed by atoms with E-state index in [1.165, 1.54) is 16.7 Å². The standard InChI is InChI=1S/C33H35F2N3O6S/c1-33(2)30(31(42)37-27-21-12-7-6-11-20(21)16-25(27)39)38(18-45-33)32(43)28(41)24(15-19-9-4-3-5-10-19)36-26(40)17-44-29-22(34)13-8-14-23(29)35/h3-14,24-25,27-28,30,39,41H,15-18H2,1-2H3,(H,36,40)(H,37,42)/t24-,25+,27-,28-,30+/m0/s1. The summed E-state index contributed by atoms with van der Waals surface area (Å²) in [6.07, 6.45) is -2.18. The van der Waals surface area contributed by atoms with Gasteiger partial charge >= 0.3 is 0 Å². The lowest BCUT2D eigenvalue weighted by atomic mass is 9.96. The van der Waals surface area contributed by atoms with Crippen LogP contribution in [0.3, 0.4) is 0 Å². The minimum Gasteiger partial charge on any atom is -0.478 e. The average Bonchev–Trinajstić information content (AvgIpc) is 3.50. The number of nitrogens with zero attached hydrogens (tertiary/aromatic N) is 1. The fourth-order valence-electron chi connectivity index (χ4n) is 5.85. The van der Waals surface area contributed by atoms with E-state index in [9.17, 15) is 33.4 Å². The Labute approximate surface area is 264 Å². The van der Waals surface area contributed by atoms with Gasteiger partial charge in [-0.2, -0.15) is 0 Å². The molecule has 0 aromatic heterocycles. The van der Waals surface area contributed by atoms with Gasteiger partial charge in [0.05, 0.1) is 24.1 Å². The van der Waals surface area contributed by atoms with Crippen LogP contribution in [0.2, 0.25) is 0 Å². The van der Waals surface area contributed by atoms with Crippen LogP contribution in [0.5, 0.6) is 5.75 Å². The van der Waals surface area contributed by atoms with Gasteiger partial charge in [0.1, 0.15) is 6.04 Å². The molecule has 5 rings (SSSR count).